The molecule has 0 aromatic heterocycles. The highest BCUT2D eigenvalue weighted by Gasteiger charge is 2.36. The number of nitrogens with two attached hydrogens (primary N) is 1. The molecule has 1 aromatic rings. The Hall–Kier alpha value is -1.35. The van der Waals surface area contributed by atoms with Gasteiger partial charge in [-0.05, 0) is 26.3 Å². The number of aryl methyl sites for hydroxylation is 1. The van der Waals surface area contributed by atoms with E-state index in [0.29, 0.717) is 0 Å². The van der Waals surface area contributed by atoms with Crippen molar-refractivity contribution in [1.29, 1.82) is 0 Å². The van der Waals surface area contributed by atoms with Gasteiger partial charge in [0.2, 0.25) is 0 Å². The quantitative estimate of drug-likeness (QED) is 0.796. The highest BCUT2D eigenvalue weighted by Crippen LogP contribution is 2.32. The average molecular weight is 221 g/mol. The van der Waals surface area contributed by atoms with Gasteiger partial charge in [0.15, 0.2) is 0 Å². The van der Waals surface area contributed by atoms with Crippen LogP contribution >= 0.6 is 0 Å². The number of rotatable bonds is 3. The van der Waals surface area contributed by atoms with Gasteiger partial charge in [0.25, 0.3) is 0 Å². The molecule has 0 aliphatic rings. The molecule has 0 amide bonds. The Morgan fingerprint density at radius 2 is 2.06 bits per heavy atom. The normalized spacial score (nSPS) is 13.3. The Morgan fingerprint density at radius 3 is 2.56 bits per heavy atom. The second-order valence-electron chi connectivity index (χ2n) is 4.61. The van der Waals surface area contributed by atoms with E-state index in [-0.39, 0.29) is 12.0 Å². The zero-order chi connectivity index (χ0) is 12.3. The van der Waals surface area contributed by atoms with Crippen molar-refractivity contribution in [2.24, 2.45) is 11.1 Å². The predicted molar refractivity (Wildman–Crippen MR) is 63.9 cm³/mol. The molecule has 0 radical (unpaired) electrons. The molecule has 0 fully saturated rings. The molecule has 16 heavy (non-hydrogen) atoms. The fourth-order valence-corrected chi connectivity index (χ4v) is 1.67. The molecule has 0 saturated carbocycles. The van der Waals surface area contributed by atoms with Crippen LogP contribution in [0.1, 0.15) is 31.0 Å². The lowest BCUT2D eigenvalue weighted by Gasteiger charge is -2.29. The Bertz CT molecular complexity index is 385. The summed E-state index contributed by atoms with van der Waals surface area (Å²) in [6.07, 6.45) is 0. The topological polar surface area (TPSA) is 52.3 Å². The maximum absolute atomic E-state index is 11.6. The molecule has 1 aromatic carbocycles. The van der Waals surface area contributed by atoms with E-state index in [1.807, 2.05) is 31.2 Å². The number of benzene rings is 1. The third-order valence-corrected chi connectivity index (χ3v) is 2.89. The largest absolute Gasteiger partial charge is 0.469 e. The molecule has 0 saturated heterocycles. The SMILES string of the molecule is COC(=O)C(C)(C)[C@H](N)c1cccc(C)c1. The fourth-order valence-electron chi connectivity index (χ4n) is 1.67. The van der Waals surface area contributed by atoms with E-state index in [4.69, 9.17) is 10.5 Å². The zero-order valence-electron chi connectivity index (χ0n) is 10.3. The first-order valence-corrected chi connectivity index (χ1v) is 5.30. The molecule has 88 valence electrons. The minimum atomic E-state index is -0.720. The van der Waals surface area contributed by atoms with Crippen molar-refractivity contribution in [2.45, 2.75) is 26.8 Å². The smallest absolute Gasteiger partial charge is 0.313 e. The van der Waals surface area contributed by atoms with E-state index in [1.54, 1.807) is 13.8 Å². The van der Waals surface area contributed by atoms with Gasteiger partial charge in [-0.2, -0.15) is 0 Å². The molecule has 0 unspecified atom stereocenters. The second kappa shape index (κ2) is 4.66. The first-order valence-electron chi connectivity index (χ1n) is 5.30. The number of ether oxygens (including phenoxy) is 1. The molecule has 0 aliphatic heterocycles. The first-order chi connectivity index (χ1) is 7.39. The van der Waals surface area contributed by atoms with Gasteiger partial charge in [-0.3, -0.25) is 4.79 Å². The summed E-state index contributed by atoms with van der Waals surface area (Å²) in [5.74, 6) is -0.290. The van der Waals surface area contributed by atoms with E-state index in [0.717, 1.165) is 11.1 Å². The minimum absolute atomic E-state index is 0.290. The summed E-state index contributed by atoms with van der Waals surface area (Å²) in [5.41, 5.74) is 7.48. The third-order valence-electron chi connectivity index (χ3n) is 2.89. The highest BCUT2D eigenvalue weighted by molar-refractivity contribution is 5.77. The molecular weight excluding hydrogens is 202 g/mol. The second-order valence-corrected chi connectivity index (χ2v) is 4.61. The van der Waals surface area contributed by atoms with Crippen LogP contribution in [0.5, 0.6) is 0 Å². The van der Waals surface area contributed by atoms with E-state index in [2.05, 4.69) is 0 Å². The van der Waals surface area contributed by atoms with Crippen molar-refractivity contribution in [3.8, 4) is 0 Å². The highest BCUT2D eigenvalue weighted by atomic mass is 16.5. The van der Waals surface area contributed by atoms with Crippen molar-refractivity contribution in [1.82, 2.24) is 0 Å². The molecule has 3 heteroatoms. The van der Waals surface area contributed by atoms with Crippen LogP contribution in [0.4, 0.5) is 0 Å². The zero-order valence-corrected chi connectivity index (χ0v) is 10.3. The number of esters is 1. The van der Waals surface area contributed by atoms with Crippen LogP contribution < -0.4 is 5.73 Å². The molecular formula is C13H19NO2. The molecule has 0 bridgehead atoms. The van der Waals surface area contributed by atoms with Gasteiger partial charge in [0.1, 0.15) is 0 Å². The van der Waals surface area contributed by atoms with Crippen LogP contribution in [0.25, 0.3) is 0 Å². The van der Waals surface area contributed by atoms with Crippen LogP contribution in [0, 0.1) is 12.3 Å². The Kier molecular flexibility index (Phi) is 3.70. The summed E-state index contributed by atoms with van der Waals surface area (Å²) < 4.78 is 4.77. The van der Waals surface area contributed by atoms with Gasteiger partial charge in [0, 0.05) is 6.04 Å². The van der Waals surface area contributed by atoms with E-state index in [1.165, 1.54) is 7.11 Å². The van der Waals surface area contributed by atoms with Crippen molar-refractivity contribution in [2.75, 3.05) is 7.11 Å². The van der Waals surface area contributed by atoms with Crippen LogP contribution in [-0.2, 0) is 9.53 Å². The van der Waals surface area contributed by atoms with Gasteiger partial charge in [-0.1, -0.05) is 29.8 Å². The van der Waals surface area contributed by atoms with E-state index in [9.17, 15) is 4.79 Å². The fraction of sp³-hybridized carbons (Fsp3) is 0.462. The predicted octanol–water partition coefficient (Wildman–Crippen LogP) is 2.19. The van der Waals surface area contributed by atoms with Crippen molar-refractivity contribution >= 4 is 5.97 Å². The summed E-state index contributed by atoms with van der Waals surface area (Å²) in [5, 5.41) is 0. The summed E-state index contributed by atoms with van der Waals surface area (Å²) in [4.78, 5) is 11.6. The lowest BCUT2D eigenvalue weighted by Crippen LogP contribution is -2.37. The molecule has 1 rings (SSSR count). The summed E-state index contributed by atoms with van der Waals surface area (Å²) >= 11 is 0. The van der Waals surface area contributed by atoms with Gasteiger partial charge >= 0.3 is 5.97 Å². The van der Waals surface area contributed by atoms with Crippen LogP contribution in [0.2, 0.25) is 0 Å². The molecule has 0 spiro atoms. The van der Waals surface area contributed by atoms with Gasteiger partial charge < -0.3 is 10.5 Å². The average Bonchev–Trinajstić information content (AvgIpc) is 2.26. The molecule has 0 aliphatic carbocycles. The summed E-state index contributed by atoms with van der Waals surface area (Å²) in [6, 6.07) is 7.51. The molecule has 3 nitrogen and oxygen atoms in total. The Balaban J connectivity index is 3.01. The number of hydrogen-bond acceptors (Lipinski definition) is 3. The summed E-state index contributed by atoms with van der Waals surface area (Å²) in [7, 11) is 1.38. The monoisotopic (exact) mass is 221 g/mol. The number of hydrogen-bond donors (Lipinski definition) is 1. The molecule has 1 atom stereocenters. The number of carbonyl (C=O) groups excluding carboxylic acids is 1. The van der Waals surface area contributed by atoms with Gasteiger partial charge in [-0.25, -0.2) is 0 Å². The van der Waals surface area contributed by atoms with Gasteiger partial charge in [-0.15, -0.1) is 0 Å². The van der Waals surface area contributed by atoms with Crippen molar-refractivity contribution < 1.29 is 9.53 Å². The van der Waals surface area contributed by atoms with E-state index < -0.39 is 5.41 Å². The third kappa shape index (κ3) is 2.42. The number of methoxy groups -OCH3 is 1. The maximum Gasteiger partial charge on any atom is 0.313 e. The molecule has 0 heterocycles. The Morgan fingerprint density at radius 1 is 1.44 bits per heavy atom. The lowest BCUT2D eigenvalue weighted by atomic mass is 9.81. The standard InChI is InChI=1S/C13H19NO2/c1-9-6-5-7-10(8-9)11(14)13(2,3)12(15)16-4/h5-8,11H,14H2,1-4H3/t11-/m1/s1. The Labute approximate surface area is 96.6 Å². The number of carbonyl (C=O) groups is 1. The van der Waals surface area contributed by atoms with Crippen LogP contribution in [-0.4, -0.2) is 13.1 Å². The van der Waals surface area contributed by atoms with Crippen molar-refractivity contribution in [3.05, 3.63) is 35.4 Å². The van der Waals surface area contributed by atoms with Crippen molar-refractivity contribution in [3.63, 3.8) is 0 Å². The van der Waals surface area contributed by atoms with Crippen LogP contribution in [0.3, 0.4) is 0 Å². The van der Waals surface area contributed by atoms with Crippen LogP contribution in [0.15, 0.2) is 24.3 Å². The maximum atomic E-state index is 11.6. The lowest BCUT2D eigenvalue weighted by molar-refractivity contribution is -0.152. The van der Waals surface area contributed by atoms with Gasteiger partial charge in [0.05, 0.1) is 12.5 Å². The first kappa shape index (κ1) is 12.7. The van der Waals surface area contributed by atoms with E-state index >= 15 is 0 Å². The summed E-state index contributed by atoms with van der Waals surface area (Å²) in [6.45, 7) is 5.60. The molecule has 2 N–H and O–H groups in total. The minimum Gasteiger partial charge on any atom is -0.469 e.